The number of allylic oxidation sites excluding steroid dienone is 2. The second-order valence-electron chi connectivity index (χ2n) is 29.5. The van der Waals surface area contributed by atoms with E-state index < -0.39 is 106 Å². The Labute approximate surface area is 648 Å². The van der Waals surface area contributed by atoms with E-state index >= 15 is 0 Å². The highest BCUT2D eigenvalue weighted by Crippen LogP contribution is 2.48. The van der Waals surface area contributed by atoms with Gasteiger partial charge in [-0.25, -0.2) is 44.1 Å². The van der Waals surface area contributed by atoms with Crippen molar-refractivity contribution < 1.29 is 86.2 Å². The summed E-state index contributed by atoms with van der Waals surface area (Å²) in [4.78, 5) is 169. The van der Waals surface area contributed by atoms with Crippen LogP contribution in [0.2, 0.25) is 0 Å². The third-order valence-electron chi connectivity index (χ3n) is 19.0. The minimum Gasteiger partial charge on any atom is -0.497 e. The smallest absolute Gasteiger partial charge is 0.408 e. The van der Waals surface area contributed by atoms with E-state index in [4.69, 9.17) is 43.1 Å². The summed E-state index contributed by atoms with van der Waals surface area (Å²) in [5.74, 6) is -2.18. The number of nitrogens with one attached hydrogen (secondary N) is 7. The summed E-state index contributed by atoms with van der Waals surface area (Å²) in [6.07, 6.45) is 13.7. The highest BCUT2D eigenvalue weighted by molar-refractivity contribution is 7.14. The zero-order valence-corrected chi connectivity index (χ0v) is 65.3. The first-order chi connectivity index (χ1) is 53.0. The predicted molar refractivity (Wildman–Crippen MR) is 409 cm³/mol. The lowest BCUT2D eigenvalue weighted by Gasteiger charge is -2.30. The summed E-state index contributed by atoms with van der Waals surface area (Å²) in [6.45, 7) is 14.1. The molecule has 0 radical (unpaired) electrons. The number of esters is 2. The summed E-state index contributed by atoms with van der Waals surface area (Å²) < 4.78 is 38.6. The van der Waals surface area contributed by atoms with Crippen LogP contribution in [0.4, 0.5) is 19.9 Å². The number of hydrogen-bond donors (Lipinski definition) is 8. The van der Waals surface area contributed by atoms with Gasteiger partial charge in [-0.3, -0.25) is 33.6 Å². The molecule has 2 saturated carbocycles. The number of hydrogen-bond acceptors (Lipinski definition) is 26. The number of alkyl carbamates (subject to hydrolysis) is 2. The van der Waals surface area contributed by atoms with Gasteiger partial charge in [0.15, 0.2) is 21.7 Å². The number of rotatable bonds is 16. The van der Waals surface area contributed by atoms with E-state index in [0.717, 1.165) is 38.5 Å². The molecule has 2 aliphatic carbocycles. The van der Waals surface area contributed by atoms with Crippen LogP contribution in [-0.4, -0.2) is 205 Å². The highest BCUT2D eigenvalue weighted by Gasteiger charge is 2.63. The van der Waals surface area contributed by atoms with Crippen LogP contribution in [0.5, 0.6) is 17.4 Å². The van der Waals surface area contributed by atoms with Gasteiger partial charge >= 0.3 is 24.1 Å². The van der Waals surface area contributed by atoms with Crippen LogP contribution in [0.25, 0.3) is 44.8 Å². The molecule has 6 aliphatic rings. The summed E-state index contributed by atoms with van der Waals surface area (Å²) in [5.41, 5.74) is -0.783. The molecular weight excluding hydrogens is 1480 g/mol. The molecule has 4 fully saturated rings. The standard InChI is InChI=1S/C38H47N7O9S.C25H39N3O7.C13H10N4O3S/c1-6-52-34(49)38-18-22(38)12-10-8-7-9-11-13-26(43-36(50)54-37(2,3)4)33(48)45-19-24(17-29(45)31(47)44-38)53-32-30(28-20-55-35(42-28)39-21-46)40-25-15-14-23(51-5)16-27(25)41-32;1-5-34-22(32)25-14-16(25)11-9-7-6-8-10-12-18(26-23(33)35-24(2,3)4)21(31)28-15-17(29)13-19(28)20(30)27-25;1-20-7-2-3-8-9(4-7)16-12(19)11(15-8)10-5-21-13(17-10)14-6-18/h10,12,14-16,20-22,24,26,29H,6-9,11,13,17-19H2,1-5H3,(H,43,50)(H,44,47)(H,39,42,46);9,11,16-19,29H,5-8,10,12-15H2,1-4H3,(H,26,33)(H,27,30);2-6H,1H3,(H,16,19)(H,14,17,18)/b12-10-;11-9-;/t22-,24+,26-,29+,38-;16-,17+,18-,19+,25-;/m11./s1. The van der Waals surface area contributed by atoms with Crippen molar-refractivity contribution in [1.82, 2.24) is 61.0 Å². The SMILES string of the molecule is CCOC(=O)[C@@]12C[C@H]1/C=C\CCCCC[C@@H](NC(=O)OC(C)(C)C)C(=O)N1C[C@@H](O)C[C@H]1C(=O)N2.CCOC(=O)[C@@]12C[C@H]1/C=C\CCCCC[C@@H](NC(=O)OC(C)(C)C)C(=O)N1C[C@@H](Oc3nc4cc(OC)ccc4nc3-c3csc(NC=O)n3)C[C@H]1C(=O)N2.COc1ccc2nc(-c3csc(NC=O)n3)c(=O)[nH]c2c1. The number of H-pyrrole nitrogens is 1. The molecule has 4 aromatic heterocycles. The first kappa shape index (κ1) is 82.8. The third kappa shape index (κ3) is 21.1. The van der Waals surface area contributed by atoms with Gasteiger partial charge in [-0.1, -0.05) is 50.0 Å². The number of carbonyl (C=O) groups is 10. The predicted octanol–water partition coefficient (Wildman–Crippen LogP) is 7.95. The summed E-state index contributed by atoms with van der Waals surface area (Å²) >= 11 is 2.42. The second kappa shape index (κ2) is 36.4. The molecule has 6 aromatic rings. The second-order valence-corrected chi connectivity index (χ2v) is 31.2. The molecule has 2 aromatic carbocycles. The average molecular weight is 1570 g/mol. The van der Waals surface area contributed by atoms with Crippen molar-refractivity contribution in [3.05, 3.63) is 81.8 Å². The van der Waals surface area contributed by atoms with Gasteiger partial charge in [0.2, 0.25) is 42.3 Å². The fourth-order valence-electron chi connectivity index (χ4n) is 13.5. The van der Waals surface area contributed by atoms with Crippen LogP contribution < -0.4 is 51.7 Å². The van der Waals surface area contributed by atoms with Crippen molar-refractivity contribution in [2.24, 2.45) is 11.8 Å². The molecule has 8 N–H and O–H groups in total. The lowest BCUT2D eigenvalue weighted by atomic mass is 10.0. The first-order valence-electron chi connectivity index (χ1n) is 37.0. The Morgan fingerprint density at radius 2 is 1.10 bits per heavy atom. The molecule has 33 nitrogen and oxygen atoms in total. The van der Waals surface area contributed by atoms with E-state index in [1.165, 1.54) is 39.6 Å². The van der Waals surface area contributed by atoms with Gasteiger partial charge in [0, 0.05) is 54.1 Å². The van der Waals surface area contributed by atoms with Crippen molar-refractivity contribution in [2.45, 2.75) is 204 Å². The maximum Gasteiger partial charge on any atom is 0.408 e. The van der Waals surface area contributed by atoms with Crippen molar-refractivity contribution in [3.63, 3.8) is 0 Å². The van der Waals surface area contributed by atoms with E-state index in [1.807, 2.05) is 24.3 Å². The van der Waals surface area contributed by atoms with Crippen LogP contribution in [0.3, 0.4) is 0 Å². The zero-order chi connectivity index (χ0) is 80.0. The molecule has 8 amide bonds. The van der Waals surface area contributed by atoms with Gasteiger partial charge < -0.3 is 84.9 Å². The van der Waals surface area contributed by atoms with Crippen molar-refractivity contribution in [3.8, 4) is 40.2 Å². The van der Waals surface area contributed by atoms with Gasteiger partial charge in [0.05, 0.1) is 62.1 Å². The number of aromatic amines is 1. The highest BCUT2D eigenvalue weighted by atomic mass is 32.1. The Balaban J connectivity index is 0.000000198. The van der Waals surface area contributed by atoms with Gasteiger partial charge in [-0.05, 0) is 131 Å². The van der Waals surface area contributed by atoms with Gasteiger partial charge in [0.1, 0.15) is 75.4 Å². The molecule has 2 saturated heterocycles. The van der Waals surface area contributed by atoms with E-state index in [-0.39, 0.29) is 73.8 Å². The number of anilines is 2. The quantitative estimate of drug-likeness (QED) is 0.0197. The normalized spacial score (nSPS) is 24.7. The zero-order valence-electron chi connectivity index (χ0n) is 63.7. The fourth-order valence-corrected chi connectivity index (χ4v) is 14.8. The largest absolute Gasteiger partial charge is 0.497 e. The molecule has 4 aliphatic heterocycles. The molecule has 12 rings (SSSR count). The maximum absolute atomic E-state index is 14.5. The Bertz CT molecular complexity index is 4530. The van der Waals surface area contributed by atoms with Crippen LogP contribution >= 0.6 is 22.7 Å². The monoisotopic (exact) mass is 1570 g/mol. The molecule has 111 heavy (non-hydrogen) atoms. The van der Waals surface area contributed by atoms with Crippen molar-refractivity contribution >= 4 is 116 Å². The Morgan fingerprint density at radius 3 is 1.60 bits per heavy atom. The van der Waals surface area contributed by atoms with E-state index in [0.29, 0.717) is 107 Å². The van der Waals surface area contributed by atoms with E-state index in [1.54, 1.807) is 110 Å². The molecule has 0 spiro atoms. The van der Waals surface area contributed by atoms with Crippen molar-refractivity contribution in [1.29, 1.82) is 0 Å². The first-order valence-corrected chi connectivity index (χ1v) is 38.8. The van der Waals surface area contributed by atoms with Gasteiger partial charge in [-0.15, -0.1) is 22.7 Å². The van der Waals surface area contributed by atoms with E-state index in [9.17, 15) is 57.8 Å². The maximum atomic E-state index is 14.5. The number of thiazole rings is 2. The molecule has 0 bridgehead atoms. The number of nitrogens with zero attached hydrogens (tertiary/aromatic N) is 7. The lowest BCUT2D eigenvalue weighted by molar-refractivity contribution is -0.150. The molecule has 0 unspecified atom stereocenters. The minimum atomic E-state index is -1.26. The van der Waals surface area contributed by atoms with Crippen LogP contribution in [0.15, 0.2) is 76.3 Å². The van der Waals surface area contributed by atoms with Crippen LogP contribution in [0, 0.1) is 11.8 Å². The topological polar surface area (TPSA) is 432 Å². The van der Waals surface area contributed by atoms with Crippen molar-refractivity contribution in [2.75, 3.05) is 51.2 Å². The number of aliphatic hydroxyl groups is 1. The van der Waals surface area contributed by atoms with Crippen LogP contribution in [0.1, 0.15) is 145 Å². The molecule has 596 valence electrons. The number of benzene rings is 2. The molecule has 8 heterocycles. The fraction of sp³-hybridized carbons (Fsp3) is 0.526. The average Bonchev–Trinajstić information content (AvgIpc) is 1.58. The summed E-state index contributed by atoms with van der Waals surface area (Å²) in [5, 5.41) is 30.7. The minimum absolute atomic E-state index is 0.0286. The number of carbonyl (C=O) groups excluding carboxylic acids is 10. The number of fused-ring (bicyclic) bond motifs is 6. The number of aliphatic hydroxyl groups excluding tert-OH is 1. The molecule has 10 atom stereocenters. The Morgan fingerprint density at radius 1 is 0.613 bits per heavy atom. The third-order valence-corrected chi connectivity index (χ3v) is 20.6. The van der Waals surface area contributed by atoms with Gasteiger partial charge in [-0.2, -0.15) is 0 Å². The van der Waals surface area contributed by atoms with Crippen LogP contribution in [-0.2, 0) is 57.3 Å². The van der Waals surface area contributed by atoms with E-state index in [2.05, 4.69) is 51.8 Å². The molecular formula is C76H96N14O19S2. The van der Waals surface area contributed by atoms with Gasteiger partial charge in [0.25, 0.3) is 5.56 Å². The number of ether oxygens (including phenoxy) is 7. The number of aromatic nitrogens is 6. The number of amides is 8. The summed E-state index contributed by atoms with van der Waals surface area (Å²) in [7, 11) is 3.09. The molecule has 35 heteroatoms. The lowest BCUT2D eigenvalue weighted by Crippen LogP contribution is -2.56. The number of methoxy groups -OCH3 is 2. The Hall–Kier alpha value is -10.7. The summed E-state index contributed by atoms with van der Waals surface area (Å²) in [6, 6.07) is 6.49. The Kier molecular flexibility index (Phi) is 27.2.